The first-order chi connectivity index (χ1) is 8.31. The standard InChI is InChI=1S/C14H19FN2/c1-2-16-8-3-4-9-17-10-7-12-5-6-13(15)11-14(12)17/h5-7,10-11,16H,2-4,8-9H2,1H3. The Labute approximate surface area is 101 Å². The van der Waals surface area contributed by atoms with E-state index < -0.39 is 0 Å². The summed E-state index contributed by atoms with van der Waals surface area (Å²) in [5, 5.41) is 4.41. The number of rotatable bonds is 6. The molecule has 0 spiro atoms. The van der Waals surface area contributed by atoms with Gasteiger partial charge in [0.2, 0.25) is 0 Å². The van der Waals surface area contributed by atoms with E-state index in [-0.39, 0.29) is 5.82 Å². The highest BCUT2D eigenvalue weighted by Gasteiger charge is 2.01. The van der Waals surface area contributed by atoms with Crippen molar-refractivity contribution in [2.75, 3.05) is 13.1 Å². The van der Waals surface area contributed by atoms with Crippen molar-refractivity contribution in [3.8, 4) is 0 Å². The molecule has 1 aromatic heterocycles. The van der Waals surface area contributed by atoms with Gasteiger partial charge in [0.15, 0.2) is 0 Å². The van der Waals surface area contributed by atoms with Gasteiger partial charge in [0.1, 0.15) is 5.82 Å². The van der Waals surface area contributed by atoms with Gasteiger partial charge >= 0.3 is 0 Å². The fraction of sp³-hybridized carbons (Fsp3) is 0.429. The topological polar surface area (TPSA) is 17.0 Å². The van der Waals surface area contributed by atoms with Gasteiger partial charge in [-0.1, -0.05) is 6.92 Å². The maximum absolute atomic E-state index is 13.2. The number of nitrogens with zero attached hydrogens (tertiary/aromatic N) is 1. The third kappa shape index (κ3) is 3.07. The van der Waals surface area contributed by atoms with E-state index in [0.717, 1.165) is 43.4 Å². The number of hydrogen-bond acceptors (Lipinski definition) is 1. The minimum absolute atomic E-state index is 0.162. The monoisotopic (exact) mass is 234 g/mol. The van der Waals surface area contributed by atoms with Crippen molar-refractivity contribution < 1.29 is 4.39 Å². The van der Waals surface area contributed by atoms with Crippen molar-refractivity contribution in [3.63, 3.8) is 0 Å². The van der Waals surface area contributed by atoms with E-state index in [4.69, 9.17) is 0 Å². The summed E-state index contributed by atoms with van der Waals surface area (Å²) in [6.07, 6.45) is 4.31. The molecule has 2 aromatic rings. The Balaban J connectivity index is 1.96. The molecule has 2 nitrogen and oxygen atoms in total. The molecule has 0 radical (unpaired) electrons. The summed E-state index contributed by atoms with van der Waals surface area (Å²) in [6, 6.07) is 7.00. The summed E-state index contributed by atoms with van der Waals surface area (Å²) in [6.45, 7) is 5.16. The van der Waals surface area contributed by atoms with Crippen molar-refractivity contribution in [1.82, 2.24) is 9.88 Å². The SMILES string of the molecule is CCNCCCCn1ccc2ccc(F)cc21. The van der Waals surface area contributed by atoms with Gasteiger partial charge in [-0.25, -0.2) is 4.39 Å². The van der Waals surface area contributed by atoms with Crippen LogP contribution in [-0.4, -0.2) is 17.7 Å². The summed E-state index contributed by atoms with van der Waals surface area (Å²) >= 11 is 0. The fourth-order valence-electron chi connectivity index (χ4n) is 2.06. The van der Waals surface area contributed by atoms with Crippen LogP contribution in [0.15, 0.2) is 30.5 Å². The minimum atomic E-state index is -0.162. The molecule has 0 saturated heterocycles. The quantitative estimate of drug-likeness (QED) is 0.760. The minimum Gasteiger partial charge on any atom is -0.347 e. The molecule has 0 aliphatic rings. The normalized spacial score (nSPS) is 11.2. The maximum Gasteiger partial charge on any atom is 0.125 e. The Morgan fingerprint density at radius 1 is 1.24 bits per heavy atom. The highest BCUT2D eigenvalue weighted by Crippen LogP contribution is 2.17. The molecule has 0 fully saturated rings. The highest BCUT2D eigenvalue weighted by atomic mass is 19.1. The zero-order chi connectivity index (χ0) is 12.1. The average molecular weight is 234 g/mol. The van der Waals surface area contributed by atoms with Crippen LogP contribution in [0.4, 0.5) is 4.39 Å². The molecule has 2 rings (SSSR count). The van der Waals surface area contributed by atoms with Gasteiger partial charge in [0, 0.05) is 12.7 Å². The summed E-state index contributed by atoms with van der Waals surface area (Å²) < 4.78 is 15.3. The molecule has 1 aromatic carbocycles. The number of halogens is 1. The van der Waals surface area contributed by atoms with Gasteiger partial charge in [0.05, 0.1) is 5.52 Å². The molecule has 92 valence electrons. The largest absolute Gasteiger partial charge is 0.347 e. The van der Waals surface area contributed by atoms with Crippen LogP contribution >= 0.6 is 0 Å². The maximum atomic E-state index is 13.2. The van der Waals surface area contributed by atoms with Gasteiger partial charge in [0.25, 0.3) is 0 Å². The van der Waals surface area contributed by atoms with E-state index in [1.54, 1.807) is 6.07 Å². The molecule has 1 N–H and O–H groups in total. The predicted molar refractivity (Wildman–Crippen MR) is 69.7 cm³/mol. The highest BCUT2D eigenvalue weighted by molar-refractivity contribution is 5.80. The van der Waals surface area contributed by atoms with Crippen LogP contribution in [0.1, 0.15) is 19.8 Å². The lowest BCUT2D eigenvalue weighted by Gasteiger charge is -2.06. The Kier molecular flexibility index (Phi) is 4.15. The first-order valence-electron chi connectivity index (χ1n) is 6.26. The number of nitrogens with one attached hydrogen (secondary N) is 1. The van der Waals surface area contributed by atoms with Crippen LogP contribution < -0.4 is 5.32 Å². The van der Waals surface area contributed by atoms with Crippen LogP contribution in [0.3, 0.4) is 0 Å². The van der Waals surface area contributed by atoms with Gasteiger partial charge in [-0.3, -0.25) is 0 Å². The lowest BCUT2D eigenvalue weighted by Crippen LogP contribution is -2.14. The molecule has 0 aliphatic carbocycles. The molecular formula is C14H19FN2. The fourth-order valence-corrected chi connectivity index (χ4v) is 2.06. The Morgan fingerprint density at radius 3 is 2.94 bits per heavy atom. The van der Waals surface area contributed by atoms with Gasteiger partial charge < -0.3 is 9.88 Å². The van der Waals surface area contributed by atoms with Crippen molar-refractivity contribution in [1.29, 1.82) is 0 Å². The molecule has 0 unspecified atom stereocenters. The number of unbranched alkanes of at least 4 members (excludes halogenated alkanes) is 1. The Bertz CT molecular complexity index is 476. The molecule has 0 saturated carbocycles. The van der Waals surface area contributed by atoms with Crippen LogP contribution in [0.25, 0.3) is 10.9 Å². The molecular weight excluding hydrogens is 215 g/mol. The predicted octanol–water partition coefficient (Wildman–Crippen LogP) is 3.17. The number of aryl methyl sites for hydroxylation is 1. The zero-order valence-corrected chi connectivity index (χ0v) is 10.2. The smallest absolute Gasteiger partial charge is 0.125 e. The number of fused-ring (bicyclic) bond motifs is 1. The molecule has 0 amide bonds. The van der Waals surface area contributed by atoms with Crippen LogP contribution in [0, 0.1) is 5.82 Å². The van der Waals surface area contributed by atoms with Crippen molar-refractivity contribution in [3.05, 3.63) is 36.3 Å². The summed E-state index contributed by atoms with van der Waals surface area (Å²) in [7, 11) is 0. The Morgan fingerprint density at radius 2 is 2.12 bits per heavy atom. The van der Waals surface area contributed by atoms with E-state index in [0.29, 0.717) is 0 Å². The molecule has 0 bridgehead atoms. The first kappa shape index (κ1) is 12.1. The second kappa shape index (κ2) is 5.82. The number of benzene rings is 1. The van der Waals surface area contributed by atoms with E-state index >= 15 is 0 Å². The summed E-state index contributed by atoms with van der Waals surface area (Å²) in [5.41, 5.74) is 0.994. The van der Waals surface area contributed by atoms with Crippen LogP contribution in [-0.2, 0) is 6.54 Å². The second-order valence-electron chi connectivity index (χ2n) is 4.27. The van der Waals surface area contributed by atoms with Crippen LogP contribution in [0.5, 0.6) is 0 Å². The molecule has 17 heavy (non-hydrogen) atoms. The lowest BCUT2D eigenvalue weighted by atomic mass is 10.2. The molecule has 0 aliphatic heterocycles. The third-order valence-electron chi connectivity index (χ3n) is 2.99. The molecule has 1 heterocycles. The summed E-state index contributed by atoms with van der Waals surface area (Å²) in [5.74, 6) is -0.162. The molecule has 0 atom stereocenters. The average Bonchev–Trinajstić information content (AvgIpc) is 2.72. The van der Waals surface area contributed by atoms with E-state index in [1.165, 1.54) is 6.07 Å². The summed E-state index contributed by atoms with van der Waals surface area (Å²) in [4.78, 5) is 0. The van der Waals surface area contributed by atoms with Crippen LogP contribution in [0.2, 0.25) is 0 Å². The number of aromatic nitrogens is 1. The van der Waals surface area contributed by atoms with Gasteiger partial charge in [-0.05, 0) is 55.6 Å². The zero-order valence-electron chi connectivity index (χ0n) is 10.2. The number of hydrogen-bond donors (Lipinski definition) is 1. The van der Waals surface area contributed by atoms with E-state index in [2.05, 4.69) is 16.8 Å². The van der Waals surface area contributed by atoms with Crippen molar-refractivity contribution in [2.24, 2.45) is 0 Å². The van der Waals surface area contributed by atoms with E-state index in [9.17, 15) is 4.39 Å². The third-order valence-corrected chi connectivity index (χ3v) is 2.99. The van der Waals surface area contributed by atoms with Crippen molar-refractivity contribution in [2.45, 2.75) is 26.3 Å². The Hall–Kier alpha value is -1.35. The van der Waals surface area contributed by atoms with E-state index in [1.807, 2.05) is 18.3 Å². The van der Waals surface area contributed by atoms with Gasteiger partial charge in [-0.15, -0.1) is 0 Å². The molecule has 3 heteroatoms. The van der Waals surface area contributed by atoms with Gasteiger partial charge in [-0.2, -0.15) is 0 Å². The lowest BCUT2D eigenvalue weighted by molar-refractivity contribution is 0.584. The first-order valence-corrected chi connectivity index (χ1v) is 6.26. The van der Waals surface area contributed by atoms with Crippen molar-refractivity contribution >= 4 is 10.9 Å². The second-order valence-corrected chi connectivity index (χ2v) is 4.27.